The van der Waals surface area contributed by atoms with Gasteiger partial charge in [-0.15, -0.1) is 0 Å². The van der Waals surface area contributed by atoms with Crippen molar-refractivity contribution in [1.82, 2.24) is 5.32 Å². The van der Waals surface area contributed by atoms with Crippen molar-refractivity contribution in [2.24, 2.45) is 0 Å². The van der Waals surface area contributed by atoms with E-state index < -0.39 is 10.7 Å². The molecule has 0 aromatic heterocycles. The van der Waals surface area contributed by atoms with Crippen LogP contribution < -0.4 is 5.32 Å². The summed E-state index contributed by atoms with van der Waals surface area (Å²) in [4.78, 5) is 10.0. The van der Waals surface area contributed by atoms with E-state index in [-0.39, 0.29) is 18.0 Å². The van der Waals surface area contributed by atoms with Crippen LogP contribution in [0.3, 0.4) is 0 Å². The van der Waals surface area contributed by atoms with Crippen molar-refractivity contribution in [3.63, 3.8) is 0 Å². The van der Waals surface area contributed by atoms with Gasteiger partial charge < -0.3 is 5.32 Å². The summed E-state index contributed by atoms with van der Waals surface area (Å²) in [7, 11) is 0. The lowest BCUT2D eigenvalue weighted by Crippen LogP contribution is -2.17. The zero-order valence-electron chi connectivity index (χ0n) is 11.2. The predicted molar refractivity (Wildman–Crippen MR) is 74.9 cm³/mol. The second-order valence-electron chi connectivity index (χ2n) is 4.59. The van der Waals surface area contributed by atoms with Gasteiger partial charge in [0.25, 0.3) is 5.69 Å². The maximum atomic E-state index is 13.4. The smallest absolute Gasteiger partial charge is 0.272 e. The van der Waals surface area contributed by atoms with Crippen LogP contribution >= 0.6 is 0 Å². The summed E-state index contributed by atoms with van der Waals surface area (Å²) < 4.78 is 26.6. The fourth-order valence-electron chi connectivity index (χ4n) is 2.00. The van der Waals surface area contributed by atoms with E-state index in [1.165, 1.54) is 18.2 Å². The zero-order valence-corrected chi connectivity index (χ0v) is 11.2. The number of non-ortho nitro benzene ring substituents is 1. The van der Waals surface area contributed by atoms with Gasteiger partial charge in [-0.2, -0.15) is 0 Å². The monoisotopic (exact) mass is 292 g/mol. The molecule has 0 spiro atoms. The third-order valence-corrected chi connectivity index (χ3v) is 3.01. The van der Waals surface area contributed by atoms with Crippen LogP contribution in [-0.4, -0.2) is 11.5 Å². The van der Waals surface area contributed by atoms with E-state index in [1.54, 1.807) is 18.2 Å². The Kier molecular flexibility index (Phi) is 4.94. The van der Waals surface area contributed by atoms with Gasteiger partial charge in [-0.25, -0.2) is 8.78 Å². The molecule has 2 aromatic carbocycles. The number of nitrogens with one attached hydrogen (secondary N) is 1. The maximum Gasteiger partial charge on any atom is 0.272 e. The molecular weight excluding hydrogens is 278 g/mol. The predicted octanol–water partition coefficient (Wildman–Crippen LogP) is 3.21. The van der Waals surface area contributed by atoms with E-state index >= 15 is 0 Å². The lowest BCUT2D eigenvalue weighted by Gasteiger charge is -2.06. The molecule has 4 nitrogen and oxygen atoms in total. The third kappa shape index (κ3) is 4.32. The summed E-state index contributed by atoms with van der Waals surface area (Å²) in [5, 5.41) is 13.6. The first kappa shape index (κ1) is 15.1. The molecule has 0 saturated carbocycles. The van der Waals surface area contributed by atoms with Gasteiger partial charge in [-0.05, 0) is 36.2 Å². The highest BCUT2D eigenvalue weighted by molar-refractivity contribution is 5.35. The molecule has 0 aliphatic carbocycles. The molecule has 1 N–H and O–H groups in total. The lowest BCUT2D eigenvalue weighted by molar-refractivity contribution is -0.385. The molecule has 0 amide bonds. The first-order valence-corrected chi connectivity index (χ1v) is 6.44. The molecule has 0 aliphatic heterocycles. The van der Waals surface area contributed by atoms with Crippen LogP contribution in [0, 0.1) is 21.7 Å². The van der Waals surface area contributed by atoms with Crippen molar-refractivity contribution in [3.05, 3.63) is 75.3 Å². The van der Waals surface area contributed by atoms with Crippen LogP contribution in [0.25, 0.3) is 0 Å². The lowest BCUT2D eigenvalue weighted by atomic mass is 10.1. The first-order valence-electron chi connectivity index (χ1n) is 6.44. The van der Waals surface area contributed by atoms with Crippen molar-refractivity contribution < 1.29 is 13.7 Å². The molecule has 21 heavy (non-hydrogen) atoms. The Morgan fingerprint density at radius 1 is 1.14 bits per heavy atom. The fraction of sp³-hybridized carbons (Fsp3) is 0.200. The topological polar surface area (TPSA) is 55.2 Å². The molecule has 0 bridgehead atoms. The number of hydrogen-bond acceptors (Lipinski definition) is 3. The van der Waals surface area contributed by atoms with Gasteiger partial charge in [0.05, 0.1) is 11.0 Å². The number of benzene rings is 2. The van der Waals surface area contributed by atoms with Gasteiger partial charge in [0, 0.05) is 12.6 Å². The number of rotatable bonds is 6. The SMILES string of the molecule is O=[N+]([O-])c1cc(F)cc(CNCCc2ccccc2F)c1. The highest BCUT2D eigenvalue weighted by Gasteiger charge is 2.09. The minimum atomic E-state index is -0.643. The quantitative estimate of drug-likeness (QED) is 0.505. The summed E-state index contributed by atoms with van der Waals surface area (Å²) in [6.07, 6.45) is 0.490. The van der Waals surface area contributed by atoms with E-state index in [1.807, 2.05) is 0 Å². The molecule has 0 atom stereocenters. The Labute approximate surface area is 120 Å². The van der Waals surface area contributed by atoms with Gasteiger partial charge >= 0.3 is 0 Å². The third-order valence-electron chi connectivity index (χ3n) is 3.01. The van der Waals surface area contributed by atoms with Gasteiger partial charge in [0.1, 0.15) is 11.6 Å². The fourth-order valence-corrected chi connectivity index (χ4v) is 2.00. The number of halogens is 2. The van der Waals surface area contributed by atoms with Gasteiger partial charge in [0.2, 0.25) is 0 Å². The van der Waals surface area contributed by atoms with E-state index in [4.69, 9.17) is 0 Å². The zero-order chi connectivity index (χ0) is 15.2. The van der Waals surface area contributed by atoms with Gasteiger partial charge in [0.15, 0.2) is 0 Å². The van der Waals surface area contributed by atoms with E-state index in [2.05, 4.69) is 5.32 Å². The molecule has 110 valence electrons. The molecule has 0 heterocycles. The standard InChI is InChI=1S/C15H14F2N2O2/c16-13-7-11(8-14(9-13)19(20)21)10-18-6-5-12-3-1-2-4-15(12)17/h1-4,7-9,18H,5-6,10H2. The second-order valence-corrected chi connectivity index (χ2v) is 4.59. The Morgan fingerprint density at radius 2 is 1.90 bits per heavy atom. The van der Waals surface area contributed by atoms with Gasteiger partial charge in [-0.1, -0.05) is 18.2 Å². The average molecular weight is 292 g/mol. The Bertz CT molecular complexity index is 647. The van der Waals surface area contributed by atoms with Crippen molar-refractivity contribution >= 4 is 5.69 Å². The van der Waals surface area contributed by atoms with Crippen LogP contribution in [0.5, 0.6) is 0 Å². The molecule has 6 heteroatoms. The highest BCUT2D eigenvalue weighted by atomic mass is 19.1. The molecule has 2 rings (SSSR count). The number of nitro benzene ring substituents is 1. The first-order chi connectivity index (χ1) is 10.1. The molecular formula is C15H14F2N2O2. The summed E-state index contributed by atoms with van der Waals surface area (Å²) in [5.41, 5.74) is 0.798. The Morgan fingerprint density at radius 3 is 2.62 bits per heavy atom. The van der Waals surface area contributed by atoms with Crippen molar-refractivity contribution in [3.8, 4) is 0 Å². The van der Waals surface area contributed by atoms with Gasteiger partial charge in [-0.3, -0.25) is 10.1 Å². The normalized spacial score (nSPS) is 10.6. The molecule has 0 saturated heterocycles. The van der Waals surface area contributed by atoms with E-state index in [9.17, 15) is 18.9 Å². The minimum Gasteiger partial charge on any atom is -0.312 e. The van der Waals surface area contributed by atoms with Crippen LogP contribution in [0.2, 0.25) is 0 Å². The maximum absolute atomic E-state index is 13.4. The van der Waals surface area contributed by atoms with Crippen LogP contribution in [0.1, 0.15) is 11.1 Å². The molecule has 0 radical (unpaired) electrons. The second kappa shape index (κ2) is 6.90. The summed E-state index contributed by atoms with van der Waals surface area (Å²) in [6.45, 7) is 0.776. The van der Waals surface area contributed by atoms with E-state index in [0.717, 1.165) is 6.07 Å². The van der Waals surface area contributed by atoms with Crippen molar-refractivity contribution in [1.29, 1.82) is 0 Å². The number of hydrogen-bond donors (Lipinski definition) is 1. The summed E-state index contributed by atoms with van der Waals surface area (Å²) >= 11 is 0. The molecule has 0 fully saturated rings. The van der Waals surface area contributed by atoms with Crippen LogP contribution in [0.4, 0.5) is 14.5 Å². The van der Waals surface area contributed by atoms with E-state index in [0.29, 0.717) is 24.1 Å². The molecule has 2 aromatic rings. The highest BCUT2D eigenvalue weighted by Crippen LogP contribution is 2.16. The number of nitrogens with zero attached hydrogens (tertiary/aromatic N) is 1. The minimum absolute atomic E-state index is 0.263. The van der Waals surface area contributed by atoms with Crippen molar-refractivity contribution in [2.75, 3.05) is 6.54 Å². The van der Waals surface area contributed by atoms with Crippen LogP contribution in [-0.2, 0) is 13.0 Å². The van der Waals surface area contributed by atoms with Crippen molar-refractivity contribution in [2.45, 2.75) is 13.0 Å². The Balaban J connectivity index is 1.89. The molecule has 0 aliphatic rings. The average Bonchev–Trinajstić information content (AvgIpc) is 2.44. The summed E-state index contributed by atoms with van der Waals surface area (Å²) in [5.74, 6) is -0.907. The van der Waals surface area contributed by atoms with Crippen LogP contribution in [0.15, 0.2) is 42.5 Å². The Hall–Kier alpha value is -2.34. The largest absolute Gasteiger partial charge is 0.312 e. The summed E-state index contributed by atoms with van der Waals surface area (Å²) in [6, 6.07) is 9.91. The molecule has 0 unspecified atom stereocenters. The number of nitro groups is 1.